The molecule has 0 unspecified atom stereocenters. The molecule has 0 saturated carbocycles. The molecule has 4 aromatic rings. The summed E-state index contributed by atoms with van der Waals surface area (Å²) in [5.74, 6) is 0.385. The quantitative estimate of drug-likeness (QED) is 0.345. The van der Waals surface area contributed by atoms with Gasteiger partial charge in [-0.2, -0.15) is 0 Å². The van der Waals surface area contributed by atoms with Gasteiger partial charge in [0.1, 0.15) is 5.15 Å². The molecule has 3 heterocycles. The number of anilines is 1. The number of hydrogen-bond donors (Lipinski definition) is 1. The highest BCUT2D eigenvalue weighted by molar-refractivity contribution is 6.29. The van der Waals surface area contributed by atoms with E-state index < -0.39 is 0 Å². The Morgan fingerprint density at radius 2 is 1.84 bits per heavy atom. The Balaban J connectivity index is 1.25. The lowest BCUT2D eigenvalue weighted by Gasteiger charge is -2.37. The highest BCUT2D eigenvalue weighted by Crippen LogP contribution is 2.34. The minimum Gasteiger partial charge on any atom is -0.338 e. The van der Waals surface area contributed by atoms with Crippen LogP contribution in [0.1, 0.15) is 51.1 Å². The summed E-state index contributed by atoms with van der Waals surface area (Å²) in [5.41, 5.74) is 4.81. The van der Waals surface area contributed by atoms with Gasteiger partial charge in [-0.05, 0) is 72.7 Å². The highest BCUT2D eigenvalue weighted by atomic mass is 35.5. The van der Waals surface area contributed by atoms with Crippen molar-refractivity contribution in [2.45, 2.75) is 26.2 Å². The Hall–Kier alpha value is -3.97. The third-order valence-electron chi connectivity index (χ3n) is 7.04. The highest BCUT2D eigenvalue weighted by Gasteiger charge is 2.30. The summed E-state index contributed by atoms with van der Waals surface area (Å²) in [6.45, 7) is 5.46. The fourth-order valence-corrected chi connectivity index (χ4v) is 5.02. The van der Waals surface area contributed by atoms with Gasteiger partial charge in [-0.15, -0.1) is 0 Å². The number of nitrogens with one attached hydrogen (secondary N) is 1. The number of halogens is 1. The summed E-state index contributed by atoms with van der Waals surface area (Å²) in [5, 5.41) is 3.22. The molecule has 1 saturated heterocycles. The molecule has 2 aromatic heterocycles. The predicted octanol–water partition coefficient (Wildman–Crippen LogP) is 5.75. The van der Waals surface area contributed by atoms with Crippen LogP contribution in [0.5, 0.6) is 0 Å². The molecule has 188 valence electrons. The van der Waals surface area contributed by atoms with Crippen molar-refractivity contribution in [2.24, 2.45) is 5.92 Å². The largest absolute Gasteiger partial charge is 0.338 e. The van der Waals surface area contributed by atoms with E-state index in [0.29, 0.717) is 46.9 Å². The van der Waals surface area contributed by atoms with Crippen LogP contribution in [0.2, 0.25) is 5.15 Å². The lowest BCUT2D eigenvalue weighted by Crippen LogP contribution is -2.42. The first-order chi connectivity index (χ1) is 17.9. The summed E-state index contributed by atoms with van der Waals surface area (Å²) in [6, 6.07) is 17.2. The average Bonchev–Trinajstić information content (AvgIpc) is 3.45. The first-order valence-corrected chi connectivity index (χ1v) is 12.7. The van der Waals surface area contributed by atoms with E-state index in [4.69, 9.17) is 11.6 Å². The van der Waals surface area contributed by atoms with Crippen LogP contribution in [0.25, 0.3) is 5.69 Å². The van der Waals surface area contributed by atoms with Gasteiger partial charge in [0.15, 0.2) is 0 Å². The third kappa shape index (κ3) is 5.42. The second-order valence-electron chi connectivity index (χ2n) is 9.54. The molecule has 0 spiro atoms. The molecular formula is C29H28ClN5O2. The Morgan fingerprint density at radius 1 is 1.05 bits per heavy atom. The zero-order valence-electron chi connectivity index (χ0n) is 20.8. The van der Waals surface area contributed by atoms with E-state index in [0.717, 1.165) is 17.7 Å². The summed E-state index contributed by atoms with van der Waals surface area (Å²) in [4.78, 5) is 36.1. The van der Waals surface area contributed by atoms with Crippen molar-refractivity contribution in [3.05, 3.63) is 107 Å². The molecule has 2 aromatic carbocycles. The van der Waals surface area contributed by atoms with Crippen LogP contribution < -0.4 is 5.32 Å². The number of aromatic nitrogens is 3. The van der Waals surface area contributed by atoms with Crippen molar-refractivity contribution in [1.82, 2.24) is 19.4 Å². The van der Waals surface area contributed by atoms with Crippen molar-refractivity contribution in [3.8, 4) is 5.69 Å². The number of carbonyl (C=O) groups excluding carboxylic acids is 2. The van der Waals surface area contributed by atoms with Crippen LogP contribution in [0, 0.1) is 12.8 Å². The van der Waals surface area contributed by atoms with Gasteiger partial charge < -0.3 is 14.8 Å². The lowest BCUT2D eigenvalue weighted by molar-refractivity contribution is 0.0660. The van der Waals surface area contributed by atoms with Crippen molar-refractivity contribution in [2.75, 3.05) is 18.4 Å². The number of amides is 2. The van der Waals surface area contributed by atoms with E-state index in [-0.39, 0.29) is 11.8 Å². The molecule has 0 aliphatic carbocycles. The van der Waals surface area contributed by atoms with E-state index in [9.17, 15) is 9.59 Å². The third-order valence-corrected chi connectivity index (χ3v) is 7.26. The summed E-state index contributed by atoms with van der Waals surface area (Å²) >= 11 is 5.82. The standard InChI is InChI=1S/C29H28ClN5O2/c1-19-3-4-22(15-26(19)33-28(36)23-7-10-27(30)32-16-23)29(37)34-13-11-25(20(2)17-34)21-5-8-24(9-6-21)35-14-12-31-18-35/h3-10,12,14-16,18,20,25H,11,13,17H2,1-2H3,(H,33,36)/t20-,25+/m1/s1. The maximum atomic E-state index is 13.4. The zero-order valence-corrected chi connectivity index (χ0v) is 21.5. The number of imidazole rings is 1. The second kappa shape index (κ2) is 10.6. The van der Waals surface area contributed by atoms with E-state index in [1.54, 1.807) is 30.7 Å². The Bertz CT molecular complexity index is 1400. The van der Waals surface area contributed by atoms with Crippen LogP contribution in [0.4, 0.5) is 5.69 Å². The Morgan fingerprint density at radius 3 is 2.51 bits per heavy atom. The summed E-state index contributed by atoms with van der Waals surface area (Å²) in [6.07, 6.45) is 7.82. The molecule has 5 rings (SSSR count). The monoisotopic (exact) mass is 513 g/mol. The van der Waals surface area contributed by atoms with Crippen molar-refractivity contribution >= 4 is 29.1 Å². The number of pyridine rings is 1. The zero-order chi connectivity index (χ0) is 25.9. The van der Waals surface area contributed by atoms with Gasteiger partial charge in [0.05, 0.1) is 11.9 Å². The van der Waals surface area contributed by atoms with Gasteiger partial charge in [0.25, 0.3) is 11.8 Å². The molecule has 2 amide bonds. The first-order valence-electron chi connectivity index (χ1n) is 12.3. The Labute approximate surface area is 221 Å². The van der Waals surface area contributed by atoms with E-state index in [1.807, 2.05) is 34.7 Å². The molecule has 1 fully saturated rings. The molecule has 0 radical (unpaired) electrons. The van der Waals surface area contributed by atoms with Gasteiger partial charge >= 0.3 is 0 Å². The first kappa shape index (κ1) is 24.7. The number of piperidine rings is 1. The van der Waals surface area contributed by atoms with Gasteiger partial charge in [-0.25, -0.2) is 9.97 Å². The number of likely N-dealkylation sites (tertiary alicyclic amines) is 1. The van der Waals surface area contributed by atoms with Crippen molar-refractivity contribution in [3.63, 3.8) is 0 Å². The molecule has 2 atom stereocenters. The molecule has 7 nitrogen and oxygen atoms in total. The number of benzene rings is 2. The number of hydrogen-bond acceptors (Lipinski definition) is 4. The molecule has 8 heteroatoms. The number of rotatable bonds is 5. The molecule has 1 aliphatic rings. The minimum absolute atomic E-state index is 0.0237. The smallest absolute Gasteiger partial charge is 0.257 e. The predicted molar refractivity (Wildman–Crippen MR) is 144 cm³/mol. The van der Waals surface area contributed by atoms with E-state index >= 15 is 0 Å². The topological polar surface area (TPSA) is 80.1 Å². The normalized spacial score (nSPS) is 17.4. The molecule has 1 aliphatic heterocycles. The fourth-order valence-electron chi connectivity index (χ4n) is 4.91. The van der Waals surface area contributed by atoms with Crippen LogP contribution >= 0.6 is 11.6 Å². The maximum absolute atomic E-state index is 13.4. The molecule has 1 N–H and O–H groups in total. The average molecular weight is 514 g/mol. The second-order valence-corrected chi connectivity index (χ2v) is 9.93. The van der Waals surface area contributed by atoms with Crippen LogP contribution in [0.15, 0.2) is 79.5 Å². The maximum Gasteiger partial charge on any atom is 0.257 e. The molecule has 37 heavy (non-hydrogen) atoms. The van der Waals surface area contributed by atoms with Gasteiger partial charge in [-0.1, -0.05) is 36.7 Å². The van der Waals surface area contributed by atoms with Gasteiger partial charge in [0.2, 0.25) is 0 Å². The van der Waals surface area contributed by atoms with Crippen molar-refractivity contribution < 1.29 is 9.59 Å². The van der Waals surface area contributed by atoms with Gasteiger partial charge in [-0.3, -0.25) is 9.59 Å². The summed E-state index contributed by atoms with van der Waals surface area (Å²) < 4.78 is 1.99. The SMILES string of the molecule is Cc1ccc(C(=O)N2CC[C@H](c3ccc(-n4ccnc4)cc3)[C@H](C)C2)cc1NC(=O)c1ccc(Cl)nc1. The number of aryl methyl sites for hydroxylation is 1. The number of carbonyl (C=O) groups is 2. The minimum atomic E-state index is -0.301. The Kier molecular flexibility index (Phi) is 7.06. The summed E-state index contributed by atoms with van der Waals surface area (Å²) in [7, 11) is 0. The number of nitrogens with zero attached hydrogens (tertiary/aromatic N) is 4. The van der Waals surface area contributed by atoms with Crippen molar-refractivity contribution in [1.29, 1.82) is 0 Å². The fraction of sp³-hybridized carbons (Fsp3) is 0.241. The lowest BCUT2D eigenvalue weighted by atomic mass is 9.81. The van der Waals surface area contributed by atoms with Crippen LogP contribution in [0.3, 0.4) is 0 Å². The van der Waals surface area contributed by atoms with E-state index in [2.05, 4.69) is 46.5 Å². The van der Waals surface area contributed by atoms with E-state index in [1.165, 1.54) is 11.8 Å². The molecule has 0 bridgehead atoms. The van der Waals surface area contributed by atoms with Crippen LogP contribution in [-0.2, 0) is 0 Å². The van der Waals surface area contributed by atoms with Gasteiger partial charge in [0, 0.05) is 48.6 Å². The molecular weight excluding hydrogens is 486 g/mol. The van der Waals surface area contributed by atoms with Crippen LogP contribution in [-0.4, -0.2) is 44.3 Å².